The highest BCUT2D eigenvalue weighted by Gasteiger charge is 2.28. The molecule has 0 spiro atoms. The number of hydrogen-bond donors (Lipinski definition) is 1. The van der Waals surface area contributed by atoms with Crippen LogP contribution in [0.2, 0.25) is 0 Å². The van der Waals surface area contributed by atoms with E-state index in [1.54, 1.807) is 0 Å². The minimum atomic E-state index is 0.392. The standard InChI is InChI=1S/C12H15NO2/c13-10-5-9(6-10)8-1-2-11-12(7-8)15-4-3-14-11/h1-2,7,9-10H,3-6,13H2. The van der Waals surface area contributed by atoms with Gasteiger partial charge < -0.3 is 15.2 Å². The second-order valence-corrected chi connectivity index (χ2v) is 4.33. The molecule has 1 aromatic carbocycles. The van der Waals surface area contributed by atoms with Crippen LogP contribution in [0.15, 0.2) is 18.2 Å². The molecule has 0 saturated heterocycles. The minimum Gasteiger partial charge on any atom is -0.486 e. The molecule has 1 aliphatic heterocycles. The number of hydrogen-bond acceptors (Lipinski definition) is 3. The van der Waals surface area contributed by atoms with Crippen molar-refractivity contribution in [2.75, 3.05) is 13.2 Å². The number of fused-ring (bicyclic) bond motifs is 1. The highest BCUT2D eigenvalue weighted by molar-refractivity contribution is 5.45. The van der Waals surface area contributed by atoms with E-state index in [9.17, 15) is 0 Å². The summed E-state index contributed by atoms with van der Waals surface area (Å²) in [5, 5.41) is 0. The molecule has 0 radical (unpaired) electrons. The van der Waals surface area contributed by atoms with Gasteiger partial charge in [-0.1, -0.05) is 6.07 Å². The predicted molar refractivity (Wildman–Crippen MR) is 57.4 cm³/mol. The predicted octanol–water partition coefficient (Wildman–Crippen LogP) is 1.66. The van der Waals surface area contributed by atoms with Gasteiger partial charge in [0.1, 0.15) is 13.2 Å². The molecule has 3 nitrogen and oxygen atoms in total. The van der Waals surface area contributed by atoms with Crippen molar-refractivity contribution in [3.8, 4) is 11.5 Å². The molecule has 1 aromatic rings. The molecule has 0 unspecified atom stereocenters. The topological polar surface area (TPSA) is 44.5 Å². The van der Waals surface area contributed by atoms with Crippen LogP contribution < -0.4 is 15.2 Å². The van der Waals surface area contributed by atoms with Crippen molar-refractivity contribution >= 4 is 0 Å². The molecule has 3 heteroatoms. The Balaban J connectivity index is 1.85. The molecule has 1 fully saturated rings. The Labute approximate surface area is 89.2 Å². The van der Waals surface area contributed by atoms with Gasteiger partial charge in [-0.25, -0.2) is 0 Å². The Morgan fingerprint density at radius 1 is 1.07 bits per heavy atom. The summed E-state index contributed by atoms with van der Waals surface area (Å²) >= 11 is 0. The zero-order chi connectivity index (χ0) is 10.3. The maximum absolute atomic E-state index is 5.79. The Morgan fingerprint density at radius 2 is 1.80 bits per heavy atom. The highest BCUT2D eigenvalue weighted by atomic mass is 16.6. The summed E-state index contributed by atoms with van der Waals surface area (Å²) in [5.74, 6) is 2.38. The van der Waals surface area contributed by atoms with E-state index in [1.807, 2.05) is 6.07 Å². The molecule has 15 heavy (non-hydrogen) atoms. The van der Waals surface area contributed by atoms with E-state index in [4.69, 9.17) is 15.2 Å². The fraction of sp³-hybridized carbons (Fsp3) is 0.500. The van der Waals surface area contributed by atoms with E-state index in [0.29, 0.717) is 25.2 Å². The average Bonchev–Trinajstić information content (AvgIpc) is 2.24. The van der Waals surface area contributed by atoms with Crippen molar-refractivity contribution in [3.63, 3.8) is 0 Å². The number of ether oxygens (including phenoxy) is 2. The molecule has 80 valence electrons. The summed E-state index contributed by atoms with van der Waals surface area (Å²) < 4.78 is 11.0. The zero-order valence-electron chi connectivity index (χ0n) is 8.61. The molecule has 1 saturated carbocycles. The van der Waals surface area contributed by atoms with Crippen LogP contribution in [-0.2, 0) is 0 Å². The second-order valence-electron chi connectivity index (χ2n) is 4.33. The van der Waals surface area contributed by atoms with Crippen LogP contribution in [0.25, 0.3) is 0 Å². The normalized spacial score (nSPS) is 28.3. The number of nitrogens with two attached hydrogens (primary N) is 1. The van der Waals surface area contributed by atoms with Crippen molar-refractivity contribution in [2.45, 2.75) is 24.8 Å². The van der Waals surface area contributed by atoms with E-state index in [1.165, 1.54) is 5.56 Å². The van der Waals surface area contributed by atoms with E-state index in [0.717, 1.165) is 24.3 Å². The highest BCUT2D eigenvalue weighted by Crippen LogP contribution is 2.40. The summed E-state index contributed by atoms with van der Waals surface area (Å²) in [7, 11) is 0. The summed E-state index contributed by atoms with van der Waals surface area (Å²) in [6.07, 6.45) is 2.19. The molecule has 1 heterocycles. The molecule has 0 bridgehead atoms. The van der Waals surface area contributed by atoms with E-state index in [-0.39, 0.29) is 0 Å². The Hall–Kier alpha value is -1.22. The minimum absolute atomic E-state index is 0.392. The SMILES string of the molecule is NC1CC(c2ccc3c(c2)OCCO3)C1. The van der Waals surface area contributed by atoms with Gasteiger partial charge in [0, 0.05) is 6.04 Å². The Bertz CT molecular complexity index is 372. The van der Waals surface area contributed by atoms with Crippen molar-refractivity contribution in [3.05, 3.63) is 23.8 Å². The number of rotatable bonds is 1. The molecule has 2 N–H and O–H groups in total. The smallest absolute Gasteiger partial charge is 0.161 e. The van der Waals surface area contributed by atoms with Crippen LogP contribution in [0.3, 0.4) is 0 Å². The van der Waals surface area contributed by atoms with Crippen molar-refractivity contribution in [1.29, 1.82) is 0 Å². The lowest BCUT2D eigenvalue weighted by Gasteiger charge is -2.33. The summed E-state index contributed by atoms with van der Waals surface area (Å²) in [6, 6.07) is 6.63. The lowest BCUT2D eigenvalue weighted by Crippen LogP contribution is -2.34. The van der Waals surface area contributed by atoms with Crippen LogP contribution in [0.4, 0.5) is 0 Å². The maximum atomic E-state index is 5.79. The van der Waals surface area contributed by atoms with Crippen molar-refractivity contribution < 1.29 is 9.47 Å². The van der Waals surface area contributed by atoms with Crippen molar-refractivity contribution in [1.82, 2.24) is 0 Å². The van der Waals surface area contributed by atoms with Crippen LogP contribution >= 0.6 is 0 Å². The fourth-order valence-electron chi connectivity index (χ4n) is 2.25. The van der Waals surface area contributed by atoms with Gasteiger partial charge in [-0.15, -0.1) is 0 Å². The first kappa shape index (κ1) is 9.04. The largest absolute Gasteiger partial charge is 0.486 e. The van der Waals surface area contributed by atoms with Crippen molar-refractivity contribution in [2.24, 2.45) is 5.73 Å². The number of benzene rings is 1. The first-order valence-corrected chi connectivity index (χ1v) is 5.48. The Morgan fingerprint density at radius 3 is 2.53 bits per heavy atom. The van der Waals surface area contributed by atoms with E-state index in [2.05, 4.69) is 12.1 Å². The molecular formula is C12H15NO2. The van der Waals surface area contributed by atoms with Gasteiger partial charge in [-0.05, 0) is 36.5 Å². The molecule has 0 atom stereocenters. The van der Waals surface area contributed by atoms with Gasteiger partial charge in [0.15, 0.2) is 11.5 Å². The van der Waals surface area contributed by atoms with Crippen LogP contribution in [0, 0.1) is 0 Å². The van der Waals surface area contributed by atoms with Gasteiger partial charge >= 0.3 is 0 Å². The van der Waals surface area contributed by atoms with E-state index < -0.39 is 0 Å². The van der Waals surface area contributed by atoms with Gasteiger partial charge in [-0.2, -0.15) is 0 Å². The first-order chi connectivity index (χ1) is 7.33. The first-order valence-electron chi connectivity index (χ1n) is 5.48. The van der Waals surface area contributed by atoms with Gasteiger partial charge in [-0.3, -0.25) is 0 Å². The summed E-state index contributed by atoms with van der Waals surface area (Å²) in [6.45, 7) is 1.31. The molecular weight excluding hydrogens is 190 g/mol. The molecule has 0 amide bonds. The molecule has 0 aromatic heterocycles. The quantitative estimate of drug-likeness (QED) is 0.758. The van der Waals surface area contributed by atoms with Gasteiger partial charge in [0.25, 0.3) is 0 Å². The third-order valence-corrected chi connectivity index (χ3v) is 3.21. The molecule has 1 aliphatic carbocycles. The van der Waals surface area contributed by atoms with Gasteiger partial charge in [0.05, 0.1) is 0 Å². The third kappa shape index (κ3) is 1.57. The van der Waals surface area contributed by atoms with Gasteiger partial charge in [0.2, 0.25) is 0 Å². The van der Waals surface area contributed by atoms with Crippen LogP contribution in [0.5, 0.6) is 11.5 Å². The monoisotopic (exact) mass is 205 g/mol. The maximum Gasteiger partial charge on any atom is 0.161 e. The summed E-state index contributed by atoms with van der Waals surface area (Å²) in [4.78, 5) is 0. The molecule has 2 aliphatic rings. The summed E-state index contributed by atoms with van der Waals surface area (Å²) in [5.41, 5.74) is 7.12. The average molecular weight is 205 g/mol. The van der Waals surface area contributed by atoms with Crippen LogP contribution in [-0.4, -0.2) is 19.3 Å². The van der Waals surface area contributed by atoms with Crippen LogP contribution in [0.1, 0.15) is 24.3 Å². The third-order valence-electron chi connectivity index (χ3n) is 3.21. The lowest BCUT2D eigenvalue weighted by atomic mass is 9.76. The Kier molecular flexibility index (Phi) is 2.06. The fourth-order valence-corrected chi connectivity index (χ4v) is 2.25. The second kappa shape index (κ2) is 3.42. The lowest BCUT2D eigenvalue weighted by molar-refractivity contribution is 0.171. The van der Waals surface area contributed by atoms with E-state index >= 15 is 0 Å². The molecule has 3 rings (SSSR count). The zero-order valence-corrected chi connectivity index (χ0v) is 8.61.